The molecule has 0 aromatic carbocycles. The number of hydrogen-bond acceptors (Lipinski definition) is 2. The second-order valence-corrected chi connectivity index (χ2v) is 6.25. The summed E-state index contributed by atoms with van der Waals surface area (Å²) in [6.07, 6.45) is 5.71. The zero-order valence-corrected chi connectivity index (χ0v) is 10.6. The number of likely N-dealkylation sites (N-methyl/N-ethyl adjacent to an activating group) is 1. The average molecular weight is 210 g/mol. The summed E-state index contributed by atoms with van der Waals surface area (Å²) in [6, 6.07) is 0.801. The Labute approximate surface area is 94.4 Å². The lowest BCUT2D eigenvalue weighted by atomic mass is 9.70. The van der Waals surface area contributed by atoms with E-state index in [-0.39, 0.29) is 0 Å². The van der Waals surface area contributed by atoms with Crippen LogP contribution in [0.4, 0.5) is 0 Å². The van der Waals surface area contributed by atoms with E-state index in [2.05, 4.69) is 31.1 Å². The van der Waals surface area contributed by atoms with Gasteiger partial charge >= 0.3 is 0 Å². The van der Waals surface area contributed by atoms with E-state index in [1.54, 1.807) is 0 Å². The molecule has 88 valence electrons. The Morgan fingerprint density at radius 1 is 1.20 bits per heavy atom. The first-order valence-corrected chi connectivity index (χ1v) is 6.49. The van der Waals surface area contributed by atoms with Crippen molar-refractivity contribution in [2.75, 3.05) is 26.7 Å². The number of piperazine rings is 1. The van der Waals surface area contributed by atoms with Crippen molar-refractivity contribution in [2.45, 2.75) is 45.6 Å². The van der Waals surface area contributed by atoms with Gasteiger partial charge in [-0.2, -0.15) is 0 Å². The molecule has 1 unspecified atom stereocenters. The minimum absolute atomic E-state index is 0.608. The van der Waals surface area contributed by atoms with Gasteiger partial charge in [0.1, 0.15) is 0 Å². The van der Waals surface area contributed by atoms with Crippen LogP contribution in [0.3, 0.4) is 0 Å². The predicted molar refractivity (Wildman–Crippen MR) is 65.0 cm³/mol. The maximum absolute atomic E-state index is 3.54. The van der Waals surface area contributed by atoms with Gasteiger partial charge in [-0.25, -0.2) is 0 Å². The minimum atomic E-state index is 0.608. The van der Waals surface area contributed by atoms with Crippen LogP contribution < -0.4 is 5.32 Å². The molecule has 1 heterocycles. The van der Waals surface area contributed by atoms with Gasteiger partial charge in [-0.05, 0) is 44.1 Å². The quantitative estimate of drug-likeness (QED) is 0.713. The zero-order chi connectivity index (χ0) is 10.9. The van der Waals surface area contributed by atoms with Crippen molar-refractivity contribution >= 4 is 0 Å². The van der Waals surface area contributed by atoms with E-state index in [9.17, 15) is 0 Å². The highest BCUT2D eigenvalue weighted by Crippen LogP contribution is 2.40. The number of rotatable bonds is 1. The van der Waals surface area contributed by atoms with Crippen LogP contribution in [0.2, 0.25) is 0 Å². The molecule has 0 amide bonds. The van der Waals surface area contributed by atoms with Crippen LogP contribution in [-0.2, 0) is 0 Å². The minimum Gasteiger partial charge on any atom is -0.314 e. The molecule has 1 aliphatic carbocycles. The van der Waals surface area contributed by atoms with Crippen molar-refractivity contribution in [3.05, 3.63) is 0 Å². The maximum atomic E-state index is 3.54. The number of hydrogen-bond donors (Lipinski definition) is 1. The second-order valence-electron chi connectivity index (χ2n) is 6.25. The van der Waals surface area contributed by atoms with Crippen LogP contribution in [0, 0.1) is 11.3 Å². The van der Waals surface area contributed by atoms with Crippen molar-refractivity contribution in [1.82, 2.24) is 10.2 Å². The van der Waals surface area contributed by atoms with E-state index in [1.165, 1.54) is 45.3 Å². The molecule has 1 aliphatic heterocycles. The van der Waals surface area contributed by atoms with Crippen LogP contribution in [0.5, 0.6) is 0 Å². The molecule has 15 heavy (non-hydrogen) atoms. The van der Waals surface area contributed by atoms with E-state index < -0.39 is 0 Å². The van der Waals surface area contributed by atoms with Gasteiger partial charge in [-0.15, -0.1) is 0 Å². The van der Waals surface area contributed by atoms with Gasteiger partial charge in [0.15, 0.2) is 0 Å². The number of nitrogens with zero attached hydrogens (tertiary/aromatic N) is 1. The average Bonchev–Trinajstić information content (AvgIpc) is 2.19. The van der Waals surface area contributed by atoms with E-state index >= 15 is 0 Å². The fourth-order valence-corrected chi connectivity index (χ4v) is 3.16. The van der Waals surface area contributed by atoms with Crippen molar-refractivity contribution in [3.63, 3.8) is 0 Å². The number of nitrogens with one attached hydrogen (secondary N) is 1. The van der Waals surface area contributed by atoms with Crippen molar-refractivity contribution < 1.29 is 0 Å². The largest absolute Gasteiger partial charge is 0.314 e. The molecule has 1 saturated carbocycles. The van der Waals surface area contributed by atoms with Crippen LogP contribution in [0.1, 0.15) is 39.5 Å². The molecular weight excluding hydrogens is 184 g/mol. The topological polar surface area (TPSA) is 15.3 Å². The molecule has 2 rings (SSSR count). The fraction of sp³-hybridized carbons (Fsp3) is 1.00. The van der Waals surface area contributed by atoms with Crippen molar-refractivity contribution in [1.29, 1.82) is 0 Å². The molecule has 2 heteroatoms. The third kappa shape index (κ3) is 2.73. The van der Waals surface area contributed by atoms with Gasteiger partial charge in [0, 0.05) is 25.7 Å². The summed E-state index contributed by atoms with van der Waals surface area (Å²) in [5, 5.41) is 3.54. The Bertz CT molecular complexity index is 203. The van der Waals surface area contributed by atoms with Gasteiger partial charge in [0.05, 0.1) is 0 Å². The van der Waals surface area contributed by atoms with Gasteiger partial charge < -0.3 is 10.2 Å². The standard InChI is InChI=1S/C13H26N2/c1-13(2)6-4-11(5-7-13)12-10-14-8-9-15(12)3/h11-12,14H,4-10H2,1-3H3. The first-order valence-electron chi connectivity index (χ1n) is 6.49. The smallest absolute Gasteiger partial charge is 0.0246 e. The van der Waals surface area contributed by atoms with E-state index in [0.29, 0.717) is 5.41 Å². The first kappa shape index (κ1) is 11.4. The Balaban J connectivity index is 1.89. The lowest BCUT2D eigenvalue weighted by molar-refractivity contribution is 0.0855. The predicted octanol–water partition coefficient (Wildman–Crippen LogP) is 2.11. The van der Waals surface area contributed by atoms with E-state index in [4.69, 9.17) is 0 Å². The molecule has 1 N–H and O–H groups in total. The fourth-order valence-electron chi connectivity index (χ4n) is 3.16. The molecule has 2 aliphatic rings. The summed E-state index contributed by atoms with van der Waals surface area (Å²) >= 11 is 0. The summed E-state index contributed by atoms with van der Waals surface area (Å²) in [5.41, 5.74) is 0.608. The molecule has 0 spiro atoms. The Morgan fingerprint density at radius 2 is 1.87 bits per heavy atom. The monoisotopic (exact) mass is 210 g/mol. The van der Waals surface area contributed by atoms with Crippen LogP contribution >= 0.6 is 0 Å². The highest BCUT2D eigenvalue weighted by molar-refractivity contribution is 4.88. The summed E-state index contributed by atoms with van der Waals surface area (Å²) in [7, 11) is 2.30. The van der Waals surface area contributed by atoms with Gasteiger partial charge in [-0.1, -0.05) is 13.8 Å². The SMILES string of the molecule is CN1CCNCC1C1CCC(C)(C)CC1. The van der Waals surface area contributed by atoms with E-state index in [1.807, 2.05) is 0 Å². The first-order chi connectivity index (χ1) is 7.08. The lowest BCUT2D eigenvalue weighted by Crippen LogP contribution is -2.53. The molecule has 2 nitrogen and oxygen atoms in total. The second kappa shape index (κ2) is 4.42. The maximum Gasteiger partial charge on any atom is 0.0246 e. The highest BCUT2D eigenvalue weighted by Gasteiger charge is 2.33. The van der Waals surface area contributed by atoms with Gasteiger partial charge in [-0.3, -0.25) is 0 Å². The third-order valence-electron chi connectivity index (χ3n) is 4.49. The molecule has 2 fully saturated rings. The summed E-state index contributed by atoms with van der Waals surface area (Å²) in [6.45, 7) is 8.45. The molecule has 0 bridgehead atoms. The van der Waals surface area contributed by atoms with Crippen LogP contribution in [0.15, 0.2) is 0 Å². The molecule has 0 aromatic rings. The Hall–Kier alpha value is -0.0800. The zero-order valence-electron chi connectivity index (χ0n) is 10.6. The lowest BCUT2D eigenvalue weighted by Gasteiger charge is -2.43. The summed E-state index contributed by atoms with van der Waals surface area (Å²) in [4.78, 5) is 2.57. The molecule has 1 atom stereocenters. The Kier molecular flexibility index (Phi) is 3.36. The Morgan fingerprint density at radius 3 is 2.47 bits per heavy atom. The van der Waals surface area contributed by atoms with Crippen LogP contribution in [0.25, 0.3) is 0 Å². The molecule has 1 saturated heterocycles. The van der Waals surface area contributed by atoms with Gasteiger partial charge in [0.2, 0.25) is 0 Å². The third-order valence-corrected chi connectivity index (χ3v) is 4.49. The van der Waals surface area contributed by atoms with Gasteiger partial charge in [0.25, 0.3) is 0 Å². The van der Waals surface area contributed by atoms with Crippen molar-refractivity contribution in [2.24, 2.45) is 11.3 Å². The van der Waals surface area contributed by atoms with Crippen LogP contribution in [-0.4, -0.2) is 37.6 Å². The molecule has 0 radical (unpaired) electrons. The van der Waals surface area contributed by atoms with E-state index in [0.717, 1.165) is 12.0 Å². The highest BCUT2D eigenvalue weighted by atomic mass is 15.2. The summed E-state index contributed by atoms with van der Waals surface area (Å²) < 4.78 is 0. The molecular formula is C13H26N2. The summed E-state index contributed by atoms with van der Waals surface area (Å²) in [5.74, 6) is 0.941. The van der Waals surface area contributed by atoms with Crippen molar-refractivity contribution in [3.8, 4) is 0 Å². The normalized spacial score (nSPS) is 34.2. The molecule has 0 aromatic heterocycles.